The van der Waals surface area contributed by atoms with Crippen molar-refractivity contribution in [3.05, 3.63) is 159 Å². The van der Waals surface area contributed by atoms with Crippen LogP contribution in [0, 0.1) is 20.8 Å². The van der Waals surface area contributed by atoms with Gasteiger partial charge in [0.25, 0.3) is 5.91 Å². The Morgan fingerprint density at radius 2 is 1.14 bits per heavy atom. The Morgan fingerprint density at radius 1 is 0.648 bits per heavy atom. The standard InChI is InChI=1S/C16H14BrClN2O3.C8H6Br2ClNO2.C8H7BrClNO2.C7H5BrClNO2.C6H5BrClN/c1-22-10-4-3-9(13(5-10)23-2)7-20-8-11-14(16(20)21)12(17)6-19-15(11)18;1-14-8(13)6-4(2-9)7(11)12-3-5(6)10;1-4-6(8(12)13-2)5(9)3-11-7(4)10;1-3-5(7(11)12)4(8)2-10-6(3)9;1-4-2-5(7)3-9-6(4)8/h3-6H,7-8H2,1-2H3;3H,2H2,1H3;3H,1-2H3;2H,1H3,(H,11,12);2-3H,1H3. The maximum absolute atomic E-state index is 12.6. The number of hydrogen-bond acceptors (Lipinski definition) is 13. The third kappa shape index (κ3) is 16.9. The number of nitrogens with zero attached hydrogens (tertiary/aromatic N) is 6. The third-order valence-corrected chi connectivity index (χ3v) is 14.6. The first-order chi connectivity index (χ1) is 33.5. The van der Waals surface area contributed by atoms with Gasteiger partial charge in [0, 0.05) is 85.7 Å². The molecule has 0 saturated heterocycles. The van der Waals surface area contributed by atoms with Gasteiger partial charge in [0.05, 0.1) is 70.7 Å². The minimum Gasteiger partial charge on any atom is -0.497 e. The van der Waals surface area contributed by atoms with E-state index in [9.17, 15) is 19.2 Å². The normalized spacial score (nSPS) is 11.0. The lowest BCUT2D eigenvalue weighted by atomic mass is 10.1. The zero-order valence-corrected chi connectivity index (χ0v) is 51.2. The lowest BCUT2D eigenvalue weighted by Crippen LogP contribution is -2.23. The molecule has 6 heterocycles. The van der Waals surface area contributed by atoms with Crippen LogP contribution in [-0.2, 0) is 27.9 Å². The molecule has 0 radical (unpaired) electrons. The summed E-state index contributed by atoms with van der Waals surface area (Å²) in [5, 5.41) is 11.0. The highest BCUT2D eigenvalue weighted by Crippen LogP contribution is 2.36. The second-order valence-corrected chi connectivity index (χ2v) is 20.5. The van der Waals surface area contributed by atoms with Crippen molar-refractivity contribution in [2.45, 2.75) is 39.2 Å². The molecule has 71 heavy (non-hydrogen) atoms. The number of carbonyl (C=O) groups excluding carboxylic acids is 3. The Morgan fingerprint density at radius 3 is 1.62 bits per heavy atom. The van der Waals surface area contributed by atoms with Crippen molar-refractivity contribution in [2.75, 3.05) is 28.4 Å². The van der Waals surface area contributed by atoms with Crippen molar-refractivity contribution in [1.29, 1.82) is 0 Å². The summed E-state index contributed by atoms with van der Waals surface area (Å²) < 4.78 is 23.0. The van der Waals surface area contributed by atoms with E-state index in [-0.39, 0.29) is 16.6 Å². The van der Waals surface area contributed by atoms with Crippen LogP contribution < -0.4 is 9.47 Å². The van der Waals surface area contributed by atoms with E-state index < -0.39 is 17.9 Å². The number of carboxylic acids is 1. The number of fused-ring (bicyclic) bond motifs is 1. The van der Waals surface area contributed by atoms with E-state index in [1.807, 2.05) is 25.1 Å². The van der Waals surface area contributed by atoms with Crippen molar-refractivity contribution < 1.29 is 43.2 Å². The molecule has 0 unspecified atom stereocenters. The highest BCUT2D eigenvalue weighted by Gasteiger charge is 2.32. The van der Waals surface area contributed by atoms with Crippen molar-refractivity contribution in [2.24, 2.45) is 0 Å². The summed E-state index contributed by atoms with van der Waals surface area (Å²) in [4.78, 5) is 67.2. The van der Waals surface area contributed by atoms with Gasteiger partial charge >= 0.3 is 17.9 Å². The number of amides is 1. The Hall–Kier alpha value is -3.22. The molecule has 0 saturated carbocycles. The molecular formula is C45H37Br6Cl5N6O9. The third-order valence-electron chi connectivity index (χ3n) is 9.40. The summed E-state index contributed by atoms with van der Waals surface area (Å²) in [6.07, 6.45) is 7.55. The fraction of sp³-hybridized carbons (Fsp3) is 0.222. The number of carboxylic acid groups (broad SMARTS) is 1. The molecule has 1 aromatic carbocycles. The number of benzene rings is 1. The van der Waals surface area contributed by atoms with Crippen molar-refractivity contribution in [1.82, 2.24) is 29.8 Å². The Bertz CT molecular complexity index is 2950. The van der Waals surface area contributed by atoms with Crippen molar-refractivity contribution in [3.8, 4) is 11.5 Å². The van der Waals surface area contributed by atoms with Gasteiger partial charge in [-0.05, 0) is 124 Å². The van der Waals surface area contributed by atoms with Gasteiger partial charge in [-0.2, -0.15) is 0 Å². The molecule has 5 aromatic heterocycles. The zero-order chi connectivity index (χ0) is 53.4. The van der Waals surface area contributed by atoms with E-state index in [0.717, 1.165) is 21.2 Å². The molecule has 0 aliphatic carbocycles. The fourth-order valence-corrected chi connectivity index (χ4v) is 9.92. The van der Waals surface area contributed by atoms with Gasteiger partial charge in [0.15, 0.2) is 0 Å². The van der Waals surface area contributed by atoms with Crippen LogP contribution in [0.25, 0.3) is 0 Å². The number of methoxy groups -OCH3 is 4. The topological polar surface area (TPSA) is 193 Å². The van der Waals surface area contributed by atoms with Crippen LogP contribution in [0.15, 0.2) is 77.6 Å². The highest BCUT2D eigenvalue weighted by atomic mass is 79.9. The first kappa shape index (κ1) is 62.1. The SMILES string of the molecule is COC(=O)c1c(Br)cnc(Cl)c1C.COC(=O)c1c(Br)cnc(Cl)c1CBr.COc1ccc(CN2Cc3c(Cl)ncc(Br)c3C2=O)c(OC)c1.Cc1c(Cl)ncc(Br)c1C(=O)O.Cc1cc(Br)cnc1Cl. The number of ether oxygens (including phenoxy) is 4. The van der Waals surface area contributed by atoms with Crippen LogP contribution in [0.3, 0.4) is 0 Å². The molecule has 1 aliphatic heterocycles. The molecule has 378 valence electrons. The summed E-state index contributed by atoms with van der Waals surface area (Å²) in [7, 11) is 5.83. The second kappa shape index (κ2) is 29.6. The molecule has 7 rings (SSSR count). The number of carbonyl (C=O) groups is 4. The monoisotopic (exact) mass is 1450 g/mol. The molecule has 1 amide bonds. The summed E-state index contributed by atoms with van der Waals surface area (Å²) >= 11 is 48.4. The summed E-state index contributed by atoms with van der Waals surface area (Å²) in [6.45, 7) is 6.09. The first-order valence-electron chi connectivity index (χ1n) is 19.5. The molecule has 0 bridgehead atoms. The fourth-order valence-electron chi connectivity index (χ4n) is 5.82. The zero-order valence-electron chi connectivity index (χ0n) is 37.9. The van der Waals surface area contributed by atoms with Crippen LogP contribution >= 0.6 is 154 Å². The second-order valence-electron chi connectivity index (χ2n) is 13.8. The Balaban J connectivity index is 0.000000244. The molecule has 1 N–H and O–H groups in total. The molecule has 6 aromatic rings. The van der Waals surface area contributed by atoms with Crippen LogP contribution in [0.1, 0.15) is 74.8 Å². The lowest BCUT2D eigenvalue weighted by molar-refractivity contribution is 0.0589. The van der Waals surface area contributed by atoms with E-state index in [0.29, 0.717) is 102 Å². The molecule has 15 nitrogen and oxygen atoms in total. The number of rotatable bonds is 8. The highest BCUT2D eigenvalue weighted by molar-refractivity contribution is 9.11. The van der Waals surface area contributed by atoms with Crippen molar-refractivity contribution >= 4 is 177 Å². The van der Waals surface area contributed by atoms with Gasteiger partial charge in [0.2, 0.25) is 0 Å². The van der Waals surface area contributed by atoms with Gasteiger partial charge < -0.3 is 29.0 Å². The van der Waals surface area contributed by atoms with Gasteiger partial charge in [-0.25, -0.2) is 39.3 Å². The van der Waals surface area contributed by atoms with E-state index in [4.69, 9.17) is 72.6 Å². The first-order valence-corrected chi connectivity index (χ1v) is 26.5. The number of aromatic carboxylic acids is 1. The van der Waals surface area contributed by atoms with Crippen LogP contribution in [0.5, 0.6) is 11.5 Å². The van der Waals surface area contributed by atoms with E-state index >= 15 is 0 Å². The maximum Gasteiger partial charge on any atom is 0.339 e. The van der Waals surface area contributed by atoms with Gasteiger partial charge in [-0.3, -0.25) is 4.79 Å². The van der Waals surface area contributed by atoms with E-state index in [1.165, 1.54) is 32.8 Å². The predicted molar refractivity (Wildman–Crippen MR) is 294 cm³/mol. The van der Waals surface area contributed by atoms with Crippen LogP contribution in [0.2, 0.25) is 25.8 Å². The predicted octanol–water partition coefficient (Wildman–Crippen LogP) is 14.8. The molecule has 0 spiro atoms. The number of aryl methyl sites for hydroxylation is 1. The van der Waals surface area contributed by atoms with E-state index in [2.05, 4.69) is 130 Å². The van der Waals surface area contributed by atoms with Gasteiger partial charge in [0.1, 0.15) is 37.3 Å². The number of alkyl halides is 1. The number of pyridine rings is 5. The smallest absolute Gasteiger partial charge is 0.339 e. The minimum absolute atomic E-state index is 0.0750. The Labute approximate surface area is 483 Å². The molecule has 0 fully saturated rings. The summed E-state index contributed by atoms with van der Waals surface area (Å²) in [5.41, 5.74) is 5.91. The number of hydrogen-bond donors (Lipinski definition) is 1. The number of aromatic nitrogens is 5. The number of esters is 2. The Kier molecular flexibility index (Phi) is 25.9. The molecule has 0 atom stereocenters. The number of halogens is 11. The van der Waals surface area contributed by atoms with Gasteiger partial charge in [-0.15, -0.1) is 0 Å². The molecule has 1 aliphatic rings. The quantitative estimate of drug-likeness (QED) is 0.0859. The largest absolute Gasteiger partial charge is 0.497 e. The average Bonchev–Trinajstić information content (AvgIpc) is 3.68. The maximum atomic E-state index is 12.6. The van der Waals surface area contributed by atoms with Crippen LogP contribution in [0.4, 0.5) is 0 Å². The average molecular weight is 1460 g/mol. The molecular weight excluding hydrogens is 1430 g/mol. The minimum atomic E-state index is -1.01. The summed E-state index contributed by atoms with van der Waals surface area (Å²) in [5.74, 6) is -0.560. The summed E-state index contributed by atoms with van der Waals surface area (Å²) in [6, 6.07) is 7.46. The van der Waals surface area contributed by atoms with Crippen LogP contribution in [-0.4, -0.2) is 87.2 Å². The molecule has 26 heteroatoms. The lowest BCUT2D eigenvalue weighted by Gasteiger charge is -2.18. The van der Waals surface area contributed by atoms with Gasteiger partial charge in [-0.1, -0.05) is 73.9 Å². The van der Waals surface area contributed by atoms with Crippen molar-refractivity contribution in [3.63, 3.8) is 0 Å². The van der Waals surface area contributed by atoms with E-state index in [1.54, 1.807) is 51.4 Å².